The third-order valence-corrected chi connectivity index (χ3v) is 6.88. The van der Waals surface area contributed by atoms with Crippen molar-refractivity contribution >= 4 is 13.5 Å². The molecule has 0 N–H and O–H groups in total. The molecule has 0 aliphatic carbocycles. The first kappa shape index (κ1) is 22.9. The Morgan fingerprint density at radius 3 is 1.74 bits per heavy atom. The summed E-state index contributed by atoms with van der Waals surface area (Å²) in [5.41, 5.74) is 0.397. The van der Waals surface area contributed by atoms with E-state index < -0.39 is 0 Å². The predicted molar refractivity (Wildman–Crippen MR) is 111 cm³/mol. The van der Waals surface area contributed by atoms with E-state index in [0.717, 1.165) is 35.5 Å². The molecule has 5 atom stereocenters. The summed E-state index contributed by atoms with van der Waals surface area (Å²) in [6.45, 7) is 24.3. The molecule has 1 heteroatoms. The second-order valence-electron chi connectivity index (χ2n) is 9.72. The van der Waals surface area contributed by atoms with Crippen LogP contribution in [-0.2, 0) is 0 Å². The van der Waals surface area contributed by atoms with Gasteiger partial charge < -0.3 is 0 Å². The molecule has 0 aliphatic heterocycles. The maximum absolute atomic E-state index is 3.96. The third-order valence-electron chi connectivity index (χ3n) is 6.88. The van der Waals surface area contributed by atoms with Gasteiger partial charge in [-0.15, -0.1) is 0 Å². The molecular weight excluding hydrogens is 275 g/mol. The Kier molecular flexibility index (Phi) is 10.0. The van der Waals surface area contributed by atoms with Crippen LogP contribution >= 0.6 is 0 Å². The van der Waals surface area contributed by atoms with Gasteiger partial charge in [0.25, 0.3) is 0 Å². The van der Waals surface area contributed by atoms with Crippen molar-refractivity contribution in [1.29, 1.82) is 0 Å². The Hall–Kier alpha value is -0.0651. The molecule has 0 heterocycles. The Morgan fingerprint density at radius 2 is 1.35 bits per heavy atom. The molecule has 0 saturated carbocycles. The van der Waals surface area contributed by atoms with E-state index in [1.54, 1.807) is 0 Å². The van der Waals surface area contributed by atoms with Crippen molar-refractivity contribution in [2.45, 2.75) is 88.5 Å². The summed E-state index contributed by atoms with van der Waals surface area (Å²) < 4.78 is 0. The van der Waals surface area contributed by atoms with Gasteiger partial charge in [0.2, 0.25) is 0 Å². The summed E-state index contributed by atoms with van der Waals surface area (Å²) in [7, 11) is 3.96. The van der Waals surface area contributed by atoms with Crippen LogP contribution in [0.1, 0.15) is 88.5 Å². The van der Waals surface area contributed by atoms with Gasteiger partial charge >= 0.3 is 149 Å². The van der Waals surface area contributed by atoms with Gasteiger partial charge in [-0.05, 0) is 0 Å². The number of hydrogen-bond acceptors (Lipinski definition) is 0. The fourth-order valence-corrected chi connectivity index (χ4v) is 4.31. The average Bonchev–Trinajstić information content (AvgIpc) is 2.43. The summed E-state index contributed by atoms with van der Waals surface area (Å²) in [6.07, 6.45) is 3.97. The van der Waals surface area contributed by atoms with Gasteiger partial charge in [-0.1, -0.05) is 0 Å². The quantitative estimate of drug-likeness (QED) is 0.389. The Balaban J connectivity index is 5.25. The van der Waals surface area contributed by atoms with Crippen LogP contribution in [0.5, 0.6) is 0 Å². The standard InChI is InChI=1S/C22H45B/c1-15(2)13-19(7)21(18(6)12-11-17(5)14-23)20(8)22(9,10)16(3)4/h14-21,23H,11-13H2,1-10H3. The van der Waals surface area contributed by atoms with E-state index in [0.29, 0.717) is 11.3 Å². The molecule has 0 spiro atoms. The molecule has 0 saturated heterocycles. The second kappa shape index (κ2) is 10.0. The third kappa shape index (κ3) is 7.14. The minimum absolute atomic E-state index is 0.397. The van der Waals surface area contributed by atoms with Crippen LogP contribution in [0.3, 0.4) is 0 Å². The van der Waals surface area contributed by atoms with Gasteiger partial charge in [-0.3, -0.25) is 0 Å². The monoisotopic (exact) mass is 320 g/mol. The van der Waals surface area contributed by atoms with E-state index in [9.17, 15) is 0 Å². The van der Waals surface area contributed by atoms with Crippen molar-refractivity contribution in [1.82, 2.24) is 0 Å². The summed E-state index contributed by atoms with van der Waals surface area (Å²) >= 11 is 0. The number of hydrogen-bond donors (Lipinski definition) is 0. The molecule has 0 radical (unpaired) electrons. The van der Waals surface area contributed by atoms with E-state index in [1.165, 1.54) is 19.3 Å². The fraction of sp³-hybridized carbons (Fsp3) is 0.955. The summed E-state index contributed by atoms with van der Waals surface area (Å²) in [4.78, 5) is 0. The van der Waals surface area contributed by atoms with Crippen LogP contribution in [0.15, 0.2) is 0 Å². The van der Waals surface area contributed by atoms with Crippen molar-refractivity contribution < 1.29 is 0 Å². The van der Waals surface area contributed by atoms with Crippen molar-refractivity contribution in [3.8, 4) is 0 Å². The zero-order valence-electron chi connectivity index (χ0n) is 17.9. The molecule has 0 aliphatic rings. The molecule has 0 amide bonds. The SMILES string of the molecule is B=CC(C)CCC(C)C(C(C)CC(C)C)C(C)C(C)(C)C(C)C. The topological polar surface area (TPSA) is 0 Å². The van der Waals surface area contributed by atoms with Crippen LogP contribution in [0.2, 0.25) is 0 Å². The summed E-state index contributed by atoms with van der Waals surface area (Å²) in [5.74, 6) is 7.44. The van der Waals surface area contributed by atoms with E-state index in [1.807, 2.05) is 0 Å². The molecule has 0 aromatic rings. The van der Waals surface area contributed by atoms with Crippen LogP contribution in [0.25, 0.3) is 0 Å². The van der Waals surface area contributed by atoms with Crippen molar-refractivity contribution in [2.75, 3.05) is 0 Å². The molecule has 136 valence electrons. The first-order chi connectivity index (χ1) is 10.4. The molecule has 0 aromatic carbocycles. The number of rotatable bonds is 11. The normalized spacial score (nSPS) is 19.4. The molecule has 5 unspecified atom stereocenters. The van der Waals surface area contributed by atoms with E-state index in [2.05, 4.69) is 82.7 Å². The Bertz CT molecular complexity index is 329. The molecule has 0 nitrogen and oxygen atoms in total. The van der Waals surface area contributed by atoms with E-state index in [-0.39, 0.29) is 0 Å². The van der Waals surface area contributed by atoms with E-state index in [4.69, 9.17) is 0 Å². The predicted octanol–water partition coefficient (Wildman–Crippen LogP) is 6.36. The zero-order valence-corrected chi connectivity index (χ0v) is 17.9. The molecular formula is C22H45B. The van der Waals surface area contributed by atoms with Gasteiger partial charge in [0.1, 0.15) is 0 Å². The molecule has 0 fully saturated rings. The average molecular weight is 320 g/mol. The van der Waals surface area contributed by atoms with Crippen LogP contribution in [0, 0.1) is 46.8 Å². The Morgan fingerprint density at radius 1 is 0.826 bits per heavy atom. The van der Waals surface area contributed by atoms with Crippen molar-refractivity contribution in [3.05, 3.63) is 0 Å². The zero-order chi connectivity index (χ0) is 18.4. The van der Waals surface area contributed by atoms with Crippen LogP contribution in [0.4, 0.5) is 0 Å². The molecule has 0 bridgehead atoms. The molecule has 23 heavy (non-hydrogen) atoms. The Labute approximate surface area is 149 Å². The first-order valence-corrected chi connectivity index (χ1v) is 10.1. The van der Waals surface area contributed by atoms with Gasteiger partial charge in [-0.25, -0.2) is 0 Å². The van der Waals surface area contributed by atoms with Gasteiger partial charge in [0.15, 0.2) is 0 Å². The maximum atomic E-state index is 3.96. The molecule has 0 rings (SSSR count). The summed E-state index contributed by atoms with van der Waals surface area (Å²) in [5, 5.41) is 0. The molecule has 0 aromatic heterocycles. The second-order valence-corrected chi connectivity index (χ2v) is 9.72. The van der Waals surface area contributed by atoms with Gasteiger partial charge in [0, 0.05) is 0 Å². The van der Waals surface area contributed by atoms with Crippen LogP contribution in [-0.4, -0.2) is 13.5 Å². The first-order valence-electron chi connectivity index (χ1n) is 10.1. The van der Waals surface area contributed by atoms with Gasteiger partial charge in [-0.2, -0.15) is 0 Å². The van der Waals surface area contributed by atoms with Crippen molar-refractivity contribution in [3.63, 3.8) is 0 Å². The van der Waals surface area contributed by atoms with Crippen molar-refractivity contribution in [2.24, 2.45) is 46.8 Å². The minimum atomic E-state index is 0.397. The van der Waals surface area contributed by atoms with E-state index >= 15 is 0 Å². The fourth-order valence-electron chi connectivity index (χ4n) is 4.31. The summed E-state index contributed by atoms with van der Waals surface area (Å²) in [6, 6.07) is 0. The van der Waals surface area contributed by atoms with Gasteiger partial charge in [0.05, 0.1) is 0 Å². The van der Waals surface area contributed by atoms with Crippen LogP contribution < -0.4 is 0 Å².